The Morgan fingerprint density at radius 1 is 1.35 bits per heavy atom. The van der Waals surface area contributed by atoms with Crippen molar-refractivity contribution in [1.82, 2.24) is 19.4 Å². The molecule has 1 aromatic rings. The van der Waals surface area contributed by atoms with Gasteiger partial charge >= 0.3 is 0 Å². The molecule has 5 nitrogen and oxygen atoms in total. The number of hydrogen-bond donors (Lipinski definition) is 0. The largest absolute Gasteiger partial charge is 0.337 e. The van der Waals surface area contributed by atoms with Crippen LogP contribution in [0.25, 0.3) is 0 Å². The minimum atomic E-state index is -0.0893. The fourth-order valence-corrected chi connectivity index (χ4v) is 3.10. The Kier molecular flexibility index (Phi) is 3.38. The van der Waals surface area contributed by atoms with E-state index in [2.05, 4.69) is 35.9 Å². The zero-order valence-electron chi connectivity index (χ0n) is 12.4. The number of rotatable bonds is 2. The van der Waals surface area contributed by atoms with Crippen molar-refractivity contribution in [3.05, 3.63) is 29.9 Å². The molecule has 0 N–H and O–H groups in total. The summed E-state index contributed by atoms with van der Waals surface area (Å²) in [6.45, 7) is 7.46. The molecule has 3 heterocycles. The van der Waals surface area contributed by atoms with E-state index in [4.69, 9.17) is 0 Å². The maximum atomic E-state index is 12.8. The zero-order chi connectivity index (χ0) is 14.3. The van der Waals surface area contributed by atoms with Crippen molar-refractivity contribution in [3.8, 4) is 0 Å². The lowest BCUT2D eigenvalue weighted by atomic mass is 9.95. The fourth-order valence-electron chi connectivity index (χ4n) is 3.10. The van der Waals surface area contributed by atoms with Crippen LogP contribution in [0.2, 0.25) is 0 Å². The maximum Gasteiger partial charge on any atom is 0.233 e. The lowest BCUT2D eigenvalue weighted by Gasteiger charge is -2.36. The van der Waals surface area contributed by atoms with Gasteiger partial charge < -0.3 is 9.47 Å². The van der Waals surface area contributed by atoms with Crippen molar-refractivity contribution in [2.75, 3.05) is 19.6 Å². The Labute approximate surface area is 119 Å². The van der Waals surface area contributed by atoms with Crippen molar-refractivity contribution < 1.29 is 4.79 Å². The summed E-state index contributed by atoms with van der Waals surface area (Å²) < 4.78 is 2.01. The molecule has 1 atom stereocenters. The number of fused-ring (bicyclic) bond motifs is 1. The molecule has 3 rings (SSSR count). The fraction of sp³-hybridized carbons (Fsp3) is 0.600. The minimum Gasteiger partial charge on any atom is -0.337 e. The highest BCUT2D eigenvalue weighted by atomic mass is 16.2. The number of imidazole rings is 1. The number of amides is 1. The standard InChI is InChI=1S/C15H22N4O/c1-11(2)19-8-12(15(20)18-6-4-5-7-18)14-13(9-19)16-10-17(14)3/h4-5,10-12H,6-9H2,1-3H3/t12-/m0/s1. The molecule has 0 fully saturated rings. The van der Waals surface area contributed by atoms with Crippen LogP contribution in [-0.4, -0.2) is 50.9 Å². The van der Waals surface area contributed by atoms with Crippen molar-refractivity contribution in [2.24, 2.45) is 7.05 Å². The van der Waals surface area contributed by atoms with E-state index < -0.39 is 0 Å². The number of carbonyl (C=O) groups excluding carboxylic acids is 1. The third kappa shape index (κ3) is 2.16. The monoisotopic (exact) mass is 274 g/mol. The Hall–Kier alpha value is -1.62. The zero-order valence-corrected chi connectivity index (χ0v) is 12.4. The molecular weight excluding hydrogens is 252 g/mol. The molecule has 5 heteroatoms. The van der Waals surface area contributed by atoms with Crippen LogP contribution in [-0.2, 0) is 18.4 Å². The van der Waals surface area contributed by atoms with Gasteiger partial charge in [-0.3, -0.25) is 9.69 Å². The highest BCUT2D eigenvalue weighted by Crippen LogP contribution is 2.30. The molecule has 20 heavy (non-hydrogen) atoms. The summed E-state index contributed by atoms with van der Waals surface area (Å²) in [6.07, 6.45) is 5.95. The number of aromatic nitrogens is 2. The van der Waals surface area contributed by atoms with Crippen LogP contribution in [0.4, 0.5) is 0 Å². The second kappa shape index (κ2) is 5.05. The first-order valence-corrected chi connectivity index (χ1v) is 7.26. The normalized spacial score (nSPS) is 22.6. The summed E-state index contributed by atoms with van der Waals surface area (Å²) >= 11 is 0. The van der Waals surface area contributed by atoms with Gasteiger partial charge in [0, 0.05) is 39.3 Å². The van der Waals surface area contributed by atoms with E-state index in [9.17, 15) is 4.79 Å². The summed E-state index contributed by atoms with van der Waals surface area (Å²) in [5.41, 5.74) is 2.15. The van der Waals surface area contributed by atoms with Gasteiger partial charge in [-0.25, -0.2) is 4.98 Å². The quantitative estimate of drug-likeness (QED) is 0.759. The first kappa shape index (κ1) is 13.4. The van der Waals surface area contributed by atoms with Gasteiger partial charge in [-0.2, -0.15) is 0 Å². The van der Waals surface area contributed by atoms with Crippen molar-refractivity contribution in [2.45, 2.75) is 32.4 Å². The number of aryl methyl sites for hydroxylation is 1. The van der Waals surface area contributed by atoms with Crippen LogP contribution in [0.5, 0.6) is 0 Å². The van der Waals surface area contributed by atoms with Gasteiger partial charge in [0.15, 0.2) is 0 Å². The van der Waals surface area contributed by atoms with Crippen LogP contribution in [0, 0.1) is 0 Å². The van der Waals surface area contributed by atoms with Gasteiger partial charge in [0.1, 0.15) is 0 Å². The van der Waals surface area contributed by atoms with E-state index in [0.717, 1.165) is 37.6 Å². The van der Waals surface area contributed by atoms with Crippen LogP contribution in [0.15, 0.2) is 18.5 Å². The van der Waals surface area contributed by atoms with Crippen LogP contribution < -0.4 is 0 Å². The first-order valence-electron chi connectivity index (χ1n) is 7.26. The van der Waals surface area contributed by atoms with Gasteiger partial charge in [-0.1, -0.05) is 12.2 Å². The second-order valence-corrected chi connectivity index (χ2v) is 5.98. The maximum absolute atomic E-state index is 12.8. The molecule has 0 saturated heterocycles. The van der Waals surface area contributed by atoms with Gasteiger partial charge in [-0.05, 0) is 13.8 Å². The van der Waals surface area contributed by atoms with Gasteiger partial charge in [-0.15, -0.1) is 0 Å². The van der Waals surface area contributed by atoms with E-state index in [-0.39, 0.29) is 11.8 Å². The number of hydrogen-bond acceptors (Lipinski definition) is 3. The molecular formula is C15H22N4O. The predicted molar refractivity (Wildman–Crippen MR) is 77.2 cm³/mol. The lowest BCUT2D eigenvalue weighted by Crippen LogP contribution is -2.45. The summed E-state index contributed by atoms with van der Waals surface area (Å²) in [5.74, 6) is 0.138. The molecule has 0 aromatic carbocycles. The number of nitrogens with zero attached hydrogens (tertiary/aromatic N) is 4. The molecule has 0 bridgehead atoms. The van der Waals surface area contributed by atoms with Gasteiger partial charge in [0.25, 0.3) is 0 Å². The summed E-state index contributed by atoms with van der Waals surface area (Å²) in [5, 5.41) is 0. The van der Waals surface area contributed by atoms with E-state index in [1.807, 2.05) is 22.8 Å². The summed E-state index contributed by atoms with van der Waals surface area (Å²) in [6, 6.07) is 0.428. The lowest BCUT2D eigenvalue weighted by molar-refractivity contribution is -0.132. The molecule has 0 saturated carbocycles. The minimum absolute atomic E-state index is 0.0893. The molecule has 2 aliphatic rings. The molecule has 0 aliphatic carbocycles. The molecule has 108 valence electrons. The van der Waals surface area contributed by atoms with Crippen LogP contribution >= 0.6 is 0 Å². The van der Waals surface area contributed by atoms with Gasteiger partial charge in [0.2, 0.25) is 5.91 Å². The third-order valence-electron chi connectivity index (χ3n) is 4.32. The van der Waals surface area contributed by atoms with E-state index in [0.29, 0.717) is 6.04 Å². The Morgan fingerprint density at radius 2 is 2.05 bits per heavy atom. The molecule has 1 amide bonds. The average Bonchev–Trinajstić information content (AvgIpc) is 3.07. The van der Waals surface area contributed by atoms with E-state index in [1.54, 1.807) is 0 Å². The third-order valence-corrected chi connectivity index (χ3v) is 4.32. The number of carbonyl (C=O) groups is 1. The van der Waals surface area contributed by atoms with Crippen LogP contribution in [0.3, 0.4) is 0 Å². The van der Waals surface area contributed by atoms with E-state index >= 15 is 0 Å². The highest BCUT2D eigenvalue weighted by molar-refractivity contribution is 5.84. The molecule has 0 radical (unpaired) electrons. The molecule has 0 unspecified atom stereocenters. The highest BCUT2D eigenvalue weighted by Gasteiger charge is 2.36. The SMILES string of the molecule is CC(C)N1Cc2ncn(C)c2[C@@H](C(=O)N2CC=CC2)C1. The van der Waals surface area contributed by atoms with Crippen LogP contribution in [0.1, 0.15) is 31.2 Å². The Morgan fingerprint density at radius 3 is 2.70 bits per heavy atom. The molecule has 0 spiro atoms. The Balaban J connectivity index is 1.91. The predicted octanol–water partition coefficient (Wildman–Crippen LogP) is 1.13. The van der Waals surface area contributed by atoms with Crippen molar-refractivity contribution in [3.63, 3.8) is 0 Å². The van der Waals surface area contributed by atoms with Crippen molar-refractivity contribution in [1.29, 1.82) is 0 Å². The summed E-state index contributed by atoms with van der Waals surface area (Å²) in [7, 11) is 1.99. The second-order valence-electron chi connectivity index (χ2n) is 5.98. The summed E-state index contributed by atoms with van der Waals surface area (Å²) in [4.78, 5) is 21.5. The van der Waals surface area contributed by atoms with Gasteiger partial charge in [0.05, 0.1) is 23.6 Å². The molecule has 1 aromatic heterocycles. The Bertz CT molecular complexity index is 538. The first-order chi connectivity index (χ1) is 9.58. The average molecular weight is 274 g/mol. The topological polar surface area (TPSA) is 41.4 Å². The molecule has 2 aliphatic heterocycles. The van der Waals surface area contributed by atoms with E-state index in [1.165, 1.54) is 0 Å². The van der Waals surface area contributed by atoms with Crippen molar-refractivity contribution >= 4 is 5.91 Å². The smallest absolute Gasteiger partial charge is 0.233 e.